The summed E-state index contributed by atoms with van der Waals surface area (Å²) >= 11 is 0. The predicted octanol–water partition coefficient (Wildman–Crippen LogP) is 5.66. The molecule has 0 aromatic heterocycles. The van der Waals surface area contributed by atoms with Gasteiger partial charge in [-0.1, -0.05) is 47.6 Å². The van der Waals surface area contributed by atoms with Crippen molar-refractivity contribution in [1.82, 2.24) is 0 Å². The number of hydrogen-bond donors (Lipinski definition) is 3. The van der Waals surface area contributed by atoms with Crippen LogP contribution in [0.3, 0.4) is 0 Å². The van der Waals surface area contributed by atoms with Crippen LogP contribution in [0.15, 0.2) is 36.4 Å². The van der Waals surface area contributed by atoms with Crippen molar-refractivity contribution < 1.29 is 20.1 Å². The SMILES string of the molecule is COC.Cc1ccc(O)c(C(C)(C)C)c1C(C)(C)C.Oc1ccc(O)cc1. The molecule has 0 aliphatic heterocycles. The molecule has 2 aromatic rings. The minimum absolute atomic E-state index is 0.0291. The molecule has 0 spiro atoms. The number of rotatable bonds is 0. The predicted molar refractivity (Wildman–Crippen MR) is 113 cm³/mol. The Kier molecular flexibility index (Phi) is 9.38. The van der Waals surface area contributed by atoms with Crippen LogP contribution < -0.4 is 0 Å². The van der Waals surface area contributed by atoms with Gasteiger partial charge in [-0.3, -0.25) is 0 Å². The van der Waals surface area contributed by atoms with Gasteiger partial charge in [-0.2, -0.15) is 0 Å². The van der Waals surface area contributed by atoms with Crippen molar-refractivity contribution >= 4 is 0 Å². The maximum absolute atomic E-state index is 10.1. The number of aromatic hydroxyl groups is 3. The minimum atomic E-state index is -0.0291. The molecule has 2 rings (SSSR count). The van der Waals surface area contributed by atoms with Crippen LogP contribution in [-0.4, -0.2) is 29.5 Å². The molecule has 152 valence electrons. The van der Waals surface area contributed by atoms with E-state index in [0.717, 1.165) is 5.56 Å². The quantitative estimate of drug-likeness (QED) is 0.519. The van der Waals surface area contributed by atoms with E-state index in [-0.39, 0.29) is 22.3 Å². The lowest BCUT2D eigenvalue weighted by Gasteiger charge is -2.32. The molecule has 0 heterocycles. The number of benzene rings is 2. The van der Waals surface area contributed by atoms with E-state index >= 15 is 0 Å². The van der Waals surface area contributed by atoms with Gasteiger partial charge in [0.1, 0.15) is 17.2 Å². The number of phenols is 3. The van der Waals surface area contributed by atoms with Crippen LogP contribution >= 0.6 is 0 Å². The van der Waals surface area contributed by atoms with Crippen LogP contribution in [0.1, 0.15) is 58.2 Å². The molecule has 0 radical (unpaired) electrons. The Balaban J connectivity index is 0.000000509. The van der Waals surface area contributed by atoms with Crippen molar-refractivity contribution in [2.75, 3.05) is 14.2 Å². The maximum atomic E-state index is 10.1. The summed E-state index contributed by atoms with van der Waals surface area (Å²) < 4.78 is 4.25. The van der Waals surface area contributed by atoms with Gasteiger partial charge in [-0.05, 0) is 59.2 Å². The van der Waals surface area contributed by atoms with Crippen LogP contribution in [0.4, 0.5) is 0 Å². The standard InChI is InChI=1S/C15H24O.C6H6O2.C2H6O/c1-10-8-9-11(16)13(15(5,6)7)12(10)14(2,3)4;7-5-1-2-6(8)4-3-5;1-3-2/h8-9,16H,1-7H3;1-4,7-8H;1-2H3. The van der Waals surface area contributed by atoms with Crippen LogP contribution in [0.5, 0.6) is 17.2 Å². The van der Waals surface area contributed by atoms with Crippen molar-refractivity contribution in [2.45, 2.75) is 59.3 Å². The molecule has 0 bridgehead atoms. The first-order chi connectivity index (χ1) is 12.3. The van der Waals surface area contributed by atoms with E-state index in [4.69, 9.17) is 10.2 Å². The van der Waals surface area contributed by atoms with Crippen LogP contribution in [0.25, 0.3) is 0 Å². The summed E-state index contributed by atoms with van der Waals surface area (Å²) in [4.78, 5) is 0. The lowest BCUT2D eigenvalue weighted by molar-refractivity contribution is 0.277. The molecule has 27 heavy (non-hydrogen) atoms. The first kappa shape index (κ1) is 24.8. The Hall–Kier alpha value is -2.20. The number of phenolic OH excluding ortho intramolecular Hbond substituents is 3. The van der Waals surface area contributed by atoms with E-state index < -0.39 is 0 Å². The smallest absolute Gasteiger partial charge is 0.119 e. The highest BCUT2D eigenvalue weighted by molar-refractivity contribution is 5.50. The molecule has 0 aliphatic rings. The molecule has 3 N–H and O–H groups in total. The zero-order chi connectivity index (χ0) is 21.4. The molecule has 0 atom stereocenters. The second kappa shape index (κ2) is 10.2. The fraction of sp³-hybridized carbons (Fsp3) is 0.478. The Morgan fingerprint density at radius 2 is 0.963 bits per heavy atom. The van der Waals surface area contributed by atoms with Gasteiger partial charge in [0.25, 0.3) is 0 Å². The molecule has 0 saturated carbocycles. The van der Waals surface area contributed by atoms with Gasteiger partial charge < -0.3 is 20.1 Å². The average molecular weight is 377 g/mol. The first-order valence-electron chi connectivity index (χ1n) is 8.97. The second-order valence-electron chi connectivity index (χ2n) is 8.58. The third-order valence-corrected chi connectivity index (χ3v) is 3.74. The highest BCUT2D eigenvalue weighted by atomic mass is 16.4. The molecule has 4 heteroatoms. The fourth-order valence-electron chi connectivity index (χ4n) is 2.87. The summed E-state index contributed by atoms with van der Waals surface area (Å²) in [5, 5.41) is 27.4. The first-order valence-corrected chi connectivity index (χ1v) is 8.97. The van der Waals surface area contributed by atoms with Gasteiger partial charge in [-0.25, -0.2) is 0 Å². The fourth-order valence-corrected chi connectivity index (χ4v) is 2.87. The third-order valence-electron chi connectivity index (χ3n) is 3.74. The molecule has 2 aromatic carbocycles. The lowest BCUT2D eigenvalue weighted by Crippen LogP contribution is -2.23. The zero-order valence-electron chi connectivity index (χ0n) is 18.2. The molecule has 0 saturated heterocycles. The van der Waals surface area contributed by atoms with E-state index in [9.17, 15) is 5.11 Å². The number of aryl methyl sites for hydroxylation is 1. The highest BCUT2D eigenvalue weighted by Gasteiger charge is 2.29. The Bertz CT molecular complexity index is 630. The third kappa shape index (κ3) is 8.35. The van der Waals surface area contributed by atoms with E-state index in [1.807, 2.05) is 12.1 Å². The van der Waals surface area contributed by atoms with Crippen LogP contribution in [0.2, 0.25) is 0 Å². The lowest BCUT2D eigenvalue weighted by atomic mass is 9.73. The zero-order valence-corrected chi connectivity index (χ0v) is 18.2. The number of hydrogen-bond acceptors (Lipinski definition) is 4. The largest absolute Gasteiger partial charge is 0.508 e. The van der Waals surface area contributed by atoms with Gasteiger partial charge in [0.15, 0.2) is 0 Å². The molecular formula is C23H36O4. The van der Waals surface area contributed by atoms with E-state index in [0.29, 0.717) is 5.75 Å². The second-order valence-corrected chi connectivity index (χ2v) is 8.58. The Labute approximate surface area is 164 Å². The van der Waals surface area contributed by atoms with Crippen LogP contribution in [-0.2, 0) is 15.6 Å². The molecule has 0 amide bonds. The van der Waals surface area contributed by atoms with Crippen molar-refractivity contribution in [3.05, 3.63) is 53.1 Å². The summed E-state index contributed by atoms with van der Waals surface area (Å²) in [5.41, 5.74) is 3.65. The summed E-state index contributed by atoms with van der Waals surface area (Å²) in [5.74, 6) is 0.758. The van der Waals surface area contributed by atoms with E-state index in [1.54, 1.807) is 14.2 Å². The summed E-state index contributed by atoms with van der Waals surface area (Å²) in [7, 11) is 3.25. The summed E-state index contributed by atoms with van der Waals surface area (Å²) in [6.45, 7) is 15.2. The van der Waals surface area contributed by atoms with Gasteiger partial charge in [-0.15, -0.1) is 0 Å². The van der Waals surface area contributed by atoms with Crippen molar-refractivity contribution in [1.29, 1.82) is 0 Å². The van der Waals surface area contributed by atoms with Gasteiger partial charge >= 0.3 is 0 Å². The van der Waals surface area contributed by atoms with Crippen molar-refractivity contribution in [3.8, 4) is 17.2 Å². The van der Waals surface area contributed by atoms with Crippen LogP contribution in [0, 0.1) is 6.92 Å². The molecule has 0 fully saturated rings. The Morgan fingerprint density at radius 3 is 1.22 bits per heavy atom. The highest BCUT2D eigenvalue weighted by Crippen LogP contribution is 2.40. The molecule has 0 aliphatic carbocycles. The van der Waals surface area contributed by atoms with Crippen molar-refractivity contribution in [2.24, 2.45) is 0 Å². The van der Waals surface area contributed by atoms with Crippen molar-refractivity contribution in [3.63, 3.8) is 0 Å². The molecule has 0 unspecified atom stereocenters. The maximum Gasteiger partial charge on any atom is 0.119 e. The van der Waals surface area contributed by atoms with E-state index in [1.165, 1.54) is 35.4 Å². The molecular weight excluding hydrogens is 340 g/mol. The van der Waals surface area contributed by atoms with Gasteiger partial charge in [0.05, 0.1) is 0 Å². The topological polar surface area (TPSA) is 69.9 Å². The van der Waals surface area contributed by atoms with Gasteiger partial charge in [0, 0.05) is 19.8 Å². The Morgan fingerprint density at radius 1 is 0.630 bits per heavy atom. The monoisotopic (exact) mass is 376 g/mol. The van der Waals surface area contributed by atoms with Gasteiger partial charge in [0.2, 0.25) is 0 Å². The molecule has 4 nitrogen and oxygen atoms in total. The van der Waals surface area contributed by atoms with E-state index in [2.05, 4.69) is 53.2 Å². The average Bonchev–Trinajstić information content (AvgIpc) is 2.51. The number of methoxy groups -OCH3 is 1. The minimum Gasteiger partial charge on any atom is -0.508 e. The number of ether oxygens (including phenoxy) is 1. The summed E-state index contributed by atoms with van der Waals surface area (Å²) in [6.07, 6.45) is 0. The summed E-state index contributed by atoms with van der Waals surface area (Å²) in [6, 6.07) is 9.52. The normalized spacial score (nSPS) is 11.0.